The van der Waals surface area contributed by atoms with E-state index in [-0.39, 0.29) is 23.2 Å². The fraction of sp³-hybridized carbons (Fsp3) is 0.720. The summed E-state index contributed by atoms with van der Waals surface area (Å²) >= 11 is 0. The van der Waals surface area contributed by atoms with E-state index in [4.69, 9.17) is 4.74 Å². The third-order valence-corrected chi connectivity index (χ3v) is 8.19. The highest BCUT2D eigenvalue weighted by atomic mass is 19.1. The molecule has 0 amide bonds. The highest BCUT2D eigenvalue weighted by molar-refractivity contribution is 5.75. The Morgan fingerprint density at radius 1 is 0.897 bits per heavy atom. The molecule has 3 aliphatic rings. The van der Waals surface area contributed by atoms with Crippen LogP contribution in [0.1, 0.15) is 76.7 Å². The lowest BCUT2D eigenvalue weighted by molar-refractivity contribution is -0.144. The summed E-state index contributed by atoms with van der Waals surface area (Å²) in [5.74, 6) is 1.77. The normalized spacial score (nSPS) is 35.0. The van der Waals surface area contributed by atoms with E-state index < -0.39 is 11.6 Å². The van der Waals surface area contributed by atoms with Crippen molar-refractivity contribution in [3.05, 3.63) is 29.3 Å². The maximum Gasteiger partial charge on any atom is 0.314 e. The number of hydrogen-bond acceptors (Lipinski definition) is 2. The van der Waals surface area contributed by atoms with Crippen LogP contribution in [0.5, 0.6) is 5.75 Å². The molecule has 0 bridgehead atoms. The van der Waals surface area contributed by atoms with Crippen LogP contribution in [-0.2, 0) is 4.79 Å². The average Bonchev–Trinajstić information content (AvgIpc) is 2.71. The highest BCUT2D eigenvalue weighted by Crippen LogP contribution is 2.50. The van der Waals surface area contributed by atoms with Crippen LogP contribution in [0.4, 0.5) is 8.78 Å². The van der Waals surface area contributed by atoms with Crippen molar-refractivity contribution in [1.29, 1.82) is 0 Å². The molecular formula is C25H34F2O2. The predicted octanol–water partition coefficient (Wildman–Crippen LogP) is 6.84. The largest absolute Gasteiger partial charge is 0.426 e. The van der Waals surface area contributed by atoms with Gasteiger partial charge in [-0.2, -0.15) is 0 Å². The monoisotopic (exact) mass is 404 g/mol. The minimum atomic E-state index is -0.670. The Labute approximate surface area is 173 Å². The second-order valence-corrected chi connectivity index (χ2v) is 9.99. The number of carbonyl (C=O) groups is 1. The summed E-state index contributed by atoms with van der Waals surface area (Å²) in [7, 11) is 0. The zero-order valence-electron chi connectivity index (χ0n) is 17.8. The number of ether oxygens (including phenoxy) is 1. The molecule has 4 rings (SSSR count). The molecule has 160 valence electrons. The Bertz CT molecular complexity index is 715. The van der Waals surface area contributed by atoms with Gasteiger partial charge in [-0.15, -0.1) is 0 Å². The van der Waals surface area contributed by atoms with Gasteiger partial charge in [0.25, 0.3) is 0 Å². The molecule has 3 saturated carbocycles. The van der Waals surface area contributed by atoms with Crippen LogP contribution >= 0.6 is 0 Å². The molecule has 29 heavy (non-hydrogen) atoms. The lowest BCUT2D eigenvalue weighted by Gasteiger charge is -2.45. The fourth-order valence-corrected chi connectivity index (χ4v) is 6.35. The molecule has 4 atom stereocenters. The second kappa shape index (κ2) is 8.73. The van der Waals surface area contributed by atoms with E-state index in [1.807, 2.05) is 0 Å². The molecule has 4 heteroatoms. The quantitative estimate of drug-likeness (QED) is 0.407. The maximum atomic E-state index is 13.8. The molecule has 4 unspecified atom stereocenters. The number of rotatable bonds is 3. The van der Waals surface area contributed by atoms with Crippen molar-refractivity contribution in [2.24, 2.45) is 35.5 Å². The zero-order chi connectivity index (χ0) is 20.5. The van der Waals surface area contributed by atoms with Crippen LogP contribution in [0.3, 0.4) is 0 Å². The predicted molar refractivity (Wildman–Crippen MR) is 110 cm³/mol. The van der Waals surface area contributed by atoms with E-state index in [0.717, 1.165) is 49.1 Å². The summed E-state index contributed by atoms with van der Waals surface area (Å²) < 4.78 is 33.1. The Balaban J connectivity index is 1.39. The third kappa shape index (κ3) is 4.51. The van der Waals surface area contributed by atoms with Gasteiger partial charge in [0, 0.05) is 17.7 Å². The molecular weight excluding hydrogens is 370 g/mol. The maximum absolute atomic E-state index is 13.8. The fourth-order valence-electron chi connectivity index (χ4n) is 6.35. The molecule has 2 nitrogen and oxygen atoms in total. The average molecular weight is 405 g/mol. The van der Waals surface area contributed by atoms with Gasteiger partial charge in [0.2, 0.25) is 0 Å². The lowest BCUT2D eigenvalue weighted by atomic mass is 9.59. The minimum absolute atomic E-state index is 0.0114. The van der Waals surface area contributed by atoms with E-state index >= 15 is 0 Å². The first-order valence-electron chi connectivity index (χ1n) is 11.6. The first kappa shape index (κ1) is 20.8. The molecule has 0 aliphatic heterocycles. The number of fused-ring (bicyclic) bond motifs is 1. The van der Waals surface area contributed by atoms with Crippen molar-refractivity contribution < 1.29 is 18.3 Å². The minimum Gasteiger partial charge on any atom is -0.426 e. The highest BCUT2D eigenvalue weighted by Gasteiger charge is 2.43. The van der Waals surface area contributed by atoms with Gasteiger partial charge in [-0.25, -0.2) is 8.78 Å². The molecule has 0 spiro atoms. The summed E-state index contributed by atoms with van der Waals surface area (Å²) in [6, 6.07) is 2.25. The molecule has 0 heterocycles. The number of esters is 1. The molecule has 0 saturated heterocycles. The van der Waals surface area contributed by atoms with Crippen molar-refractivity contribution >= 4 is 5.97 Å². The van der Waals surface area contributed by atoms with Gasteiger partial charge in [0.1, 0.15) is 17.4 Å². The molecule has 0 N–H and O–H groups in total. The van der Waals surface area contributed by atoms with Gasteiger partial charge in [-0.3, -0.25) is 4.79 Å². The SMILES string of the molecule is Cc1c(F)cc(OC(=O)C2CCCC3CC(C4CCC(C)CC4)CCC32)cc1F. The van der Waals surface area contributed by atoms with Gasteiger partial charge in [0.05, 0.1) is 5.92 Å². The summed E-state index contributed by atoms with van der Waals surface area (Å²) in [4.78, 5) is 12.9. The Morgan fingerprint density at radius 3 is 2.24 bits per heavy atom. The third-order valence-electron chi connectivity index (χ3n) is 8.19. The van der Waals surface area contributed by atoms with Crippen molar-refractivity contribution in [3.63, 3.8) is 0 Å². The molecule has 0 radical (unpaired) electrons. The van der Waals surface area contributed by atoms with E-state index in [1.165, 1.54) is 51.9 Å². The van der Waals surface area contributed by atoms with Crippen LogP contribution < -0.4 is 4.74 Å². The van der Waals surface area contributed by atoms with Gasteiger partial charge in [-0.1, -0.05) is 32.6 Å². The van der Waals surface area contributed by atoms with E-state index in [9.17, 15) is 13.6 Å². The van der Waals surface area contributed by atoms with Crippen molar-refractivity contribution in [2.45, 2.75) is 78.1 Å². The number of carbonyl (C=O) groups excluding carboxylic acids is 1. The van der Waals surface area contributed by atoms with Gasteiger partial charge < -0.3 is 4.74 Å². The Morgan fingerprint density at radius 2 is 1.55 bits per heavy atom. The first-order valence-corrected chi connectivity index (χ1v) is 11.6. The zero-order valence-corrected chi connectivity index (χ0v) is 17.8. The van der Waals surface area contributed by atoms with Crippen molar-refractivity contribution in [2.75, 3.05) is 0 Å². The Kier molecular flexibility index (Phi) is 6.27. The Hall–Kier alpha value is -1.45. The number of hydrogen-bond donors (Lipinski definition) is 0. The summed E-state index contributed by atoms with van der Waals surface area (Å²) in [5, 5.41) is 0. The first-order chi connectivity index (χ1) is 13.9. The van der Waals surface area contributed by atoms with Crippen molar-refractivity contribution in [3.8, 4) is 5.75 Å². The van der Waals surface area contributed by atoms with Crippen LogP contribution in [0.15, 0.2) is 12.1 Å². The molecule has 1 aromatic carbocycles. The second-order valence-electron chi connectivity index (χ2n) is 9.99. The molecule has 3 fully saturated rings. The smallest absolute Gasteiger partial charge is 0.314 e. The lowest BCUT2D eigenvalue weighted by Crippen LogP contribution is -2.40. The van der Waals surface area contributed by atoms with Crippen molar-refractivity contribution in [1.82, 2.24) is 0 Å². The van der Waals surface area contributed by atoms with E-state index in [0.29, 0.717) is 11.8 Å². The number of benzene rings is 1. The van der Waals surface area contributed by atoms with Crippen LogP contribution in [-0.4, -0.2) is 5.97 Å². The topological polar surface area (TPSA) is 26.3 Å². The molecule has 3 aliphatic carbocycles. The van der Waals surface area contributed by atoms with Crippen LogP contribution in [0.25, 0.3) is 0 Å². The van der Waals surface area contributed by atoms with E-state index in [2.05, 4.69) is 6.92 Å². The number of halogens is 2. The van der Waals surface area contributed by atoms with Gasteiger partial charge in [-0.05, 0) is 75.0 Å². The van der Waals surface area contributed by atoms with Gasteiger partial charge in [0.15, 0.2) is 0 Å². The standard InChI is InChI=1S/C25H34F2O2/c1-15-6-8-17(9-7-15)18-10-11-21-19(12-18)4-3-5-22(21)25(28)29-20-13-23(26)16(2)24(27)14-20/h13-15,17-19,21-22H,3-12H2,1-2H3. The summed E-state index contributed by atoms with van der Waals surface area (Å²) in [6.45, 7) is 3.75. The van der Waals surface area contributed by atoms with E-state index in [1.54, 1.807) is 0 Å². The van der Waals surface area contributed by atoms with Gasteiger partial charge >= 0.3 is 5.97 Å². The molecule has 1 aromatic rings. The van der Waals surface area contributed by atoms with Crippen LogP contribution in [0, 0.1) is 54.1 Å². The summed E-state index contributed by atoms with van der Waals surface area (Å²) in [5.41, 5.74) is -0.0436. The van der Waals surface area contributed by atoms with Crippen LogP contribution in [0.2, 0.25) is 0 Å². The summed E-state index contributed by atoms with van der Waals surface area (Å²) in [6.07, 6.45) is 12.1. The molecule has 0 aromatic heterocycles.